The molecule has 0 aromatic carbocycles. The number of likely N-dealkylation sites (N-methyl/N-ethyl adjacent to an activating group) is 1. The van der Waals surface area contributed by atoms with E-state index in [1.165, 1.54) is 0 Å². The van der Waals surface area contributed by atoms with Gasteiger partial charge in [-0.05, 0) is 48.1 Å². The van der Waals surface area contributed by atoms with Crippen LogP contribution in [0.2, 0.25) is 0 Å². The van der Waals surface area contributed by atoms with Crippen LogP contribution in [0.1, 0.15) is 48.0 Å². The maximum atomic E-state index is 12.1. The van der Waals surface area contributed by atoms with Crippen LogP contribution in [0.3, 0.4) is 0 Å². The molecule has 0 aliphatic rings. The van der Waals surface area contributed by atoms with Gasteiger partial charge in [0, 0.05) is 17.6 Å². The van der Waals surface area contributed by atoms with Gasteiger partial charge in [0.05, 0.1) is 6.04 Å². The first-order valence-corrected chi connectivity index (χ1v) is 6.32. The average molecular weight is 243 g/mol. The van der Waals surface area contributed by atoms with Crippen LogP contribution in [0.4, 0.5) is 0 Å². The lowest BCUT2D eigenvalue weighted by Crippen LogP contribution is -2.58. The Labute approximate surface area is 106 Å². The summed E-state index contributed by atoms with van der Waals surface area (Å²) in [5, 5.41) is 3.06. The minimum absolute atomic E-state index is 0.0564. The third-order valence-electron chi connectivity index (χ3n) is 3.76. The molecule has 0 spiro atoms. The molecule has 3 N–H and O–H groups in total. The summed E-state index contributed by atoms with van der Waals surface area (Å²) in [6.07, 6.45) is 0.912. The summed E-state index contributed by atoms with van der Waals surface area (Å²) >= 11 is 0. The molecule has 0 fully saturated rings. The molecule has 0 heterocycles. The smallest absolute Gasteiger partial charge is 0.237 e. The lowest BCUT2D eigenvalue weighted by Gasteiger charge is -2.39. The van der Waals surface area contributed by atoms with Crippen molar-refractivity contribution in [2.75, 3.05) is 13.6 Å². The zero-order valence-corrected chi connectivity index (χ0v) is 12.4. The van der Waals surface area contributed by atoms with E-state index in [-0.39, 0.29) is 23.0 Å². The molecule has 0 radical (unpaired) electrons. The van der Waals surface area contributed by atoms with Gasteiger partial charge < -0.3 is 11.1 Å². The number of hydrogen-bond acceptors (Lipinski definition) is 3. The second-order valence-corrected chi connectivity index (χ2v) is 6.03. The van der Waals surface area contributed by atoms with Gasteiger partial charge >= 0.3 is 0 Å². The van der Waals surface area contributed by atoms with Gasteiger partial charge in [-0.3, -0.25) is 9.69 Å². The molecule has 4 heteroatoms. The minimum atomic E-state index is -0.181. The molecular formula is C13H29N3O. The van der Waals surface area contributed by atoms with Gasteiger partial charge in [0.1, 0.15) is 0 Å². The maximum absolute atomic E-state index is 12.1. The second-order valence-electron chi connectivity index (χ2n) is 6.03. The van der Waals surface area contributed by atoms with E-state index in [9.17, 15) is 4.79 Å². The fourth-order valence-electron chi connectivity index (χ4n) is 1.37. The predicted octanol–water partition coefficient (Wildman–Crippen LogP) is 1.35. The SMILES string of the molecule is CCC(C)(C)NC(=O)C(C)N(C)C(C)(C)CN. The molecular weight excluding hydrogens is 214 g/mol. The molecule has 1 atom stereocenters. The van der Waals surface area contributed by atoms with E-state index in [0.29, 0.717) is 6.54 Å². The van der Waals surface area contributed by atoms with Gasteiger partial charge in [0.25, 0.3) is 0 Å². The Morgan fingerprint density at radius 3 is 2.18 bits per heavy atom. The Morgan fingerprint density at radius 1 is 1.35 bits per heavy atom. The van der Waals surface area contributed by atoms with Crippen molar-refractivity contribution in [3.8, 4) is 0 Å². The normalized spacial score (nSPS) is 14.9. The van der Waals surface area contributed by atoms with Crippen LogP contribution in [0.25, 0.3) is 0 Å². The lowest BCUT2D eigenvalue weighted by atomic mass is 9.99. The first-order valence-electron chi connectivity index (χ1n) is 6.32. The van der Waals surface area contributed by atoms with Crippen molar-refractivity contribution in [1.29, 1.82) is 0 Å². The van der Waals surface area contributed by atoms with E-state index in [1.807, 2.05) is 46.6 Å². The van der Waals surface area contributed by atoms with Crippen molar-refractivity contribution in [3.63, 3.8) is 0 Å². The summed E-state index contributed by atoms with van der Waals surface area (Å²) in [6.45, 7) is 12.7. The van der Waals surface area contributed by atoms with Gasteiger partial charge in [-0.25, -0.2) is 0 Å². The van der Waals surface area contributed by atoms with Gasteiger partial charge in [0.2, 0.25) is 5.91 Å². The highest BCUT2D eigenvalue weighted by Crippen LogP contribution is 2.15. The Morgan fingerprint density at radius 2 is 1.82 bits per heavy atom. The van der Waals surface area contributed by atoms with E-state index in [0.717, 1.165) is 6.42 Å². The van der Waals surface area contributed by atoms with Crippen LogP contribution in [0, 0.1) is 0 Å². The molecule has 0 rings (SSSR count). The van der Waals surface area contributed by atoms with E-state index in [2.05, 4.69) is 12.2 Å². The molecule has 17 heavy (non-hydrogen) atoms. The molecule has 102 valence electrons. The van der Waals surface area contributed by atoms with Crippen molar-refractivity contribution in [2.45, 2.75) is 65.1 Å². The Balaban J connectivity index is 4.61. The summed E-state index contributed by atoms with van der Waals surface area (Å²) in [6, 6.07) is -0.181. The molecule has 0 bridgehead atoms. The molecule has 1 amide bonds. The van der Waals surface area contributed by atoms with Gasteiger partial charge in [-0.2, -0.15) is 0 Å². The van der Waals surface area contributed by atoms with Crippen LogP contribution >= 0.6 is 0 Å². The van der Waals surface area contributed by atoms with Crippen molar-refractivity contribution in [3.05, 3.63) is 0 Å². The van der Waals surface area contributed by atoms with Crippen LogP contribution in [0.15, 0.2) is 0 Å². The zero-order valence-electron chi connectivity index (χ0n) is 12.4. The van der Waals surface area contributed by atoms with E-state index in [1.54, 1.807) is 0 Å². The first-order chi connectivity index (χ1) is 7.57. The molecule has 0 saturated carbocycles. The minimum Gasteiger partial charge on any atom is -0.350 e. The van der Waals surface area contributed by atoms with Crippen LogP contribution in [-0.2, 0) is 4.79 Å². The Kier molecular flexibility index (Phi) is 5.62. The number of hydrogen-bond donors (Lipinski definition) is 2. The van der Waals surface area contributed by atoms with Crippen molar-refractivity contribution in [2.24, 2.45) is 5.73 Å². The standard InChI is InChI=1S/C13H29N3O/c1-8-12(3,4)15-11(17)10(2)16(7)13(5,6)9-14/h10H,8-9,14H2,1-7H3,(H,15,17). The van der Waals surface area contributed by atoms with Crippen molar-refractivity contribution in [1.82, 2.24) is 10.2 Å². The number of nitrogens with two attached hydrogens (primary N) is 1. The summed E-state index contributed by atoms with van der Waals surface area (Å²) < 4.78 is 0. The average Bonchev–Trinajstić information content (AvgIpc) is 2.26. The molecule has 0 saturated heterocycles. The summed E-state index contributed by atoms with van der Waals surface area (Å²) in [5.74, 6) is 0.0564. The third-order valence-corrected chi connectivity index (χ3v) is 3.76. The summed E-state index contributed by atoms with van der Waals surface area (Å²) in [7, 11) is 1.94. The Hall–Kier alpha value is -0.610. The lowest BCUT2D eigenvalue weighted by molar-refractivity contribution is -0.128. The number of carbonyl (C=O) groups is 1. The first kappa shape index (κ1) is 16.4. The van der Waals surface area contributed by atoms with E-state index >= 15 is 0 Å². The van der Waals surface area contributed by atoms with Crippen LogP contribution in [0.5, 0.6) is 0 Å². The zero-order chi connectivity index (χ0) is 13.9. The second kappa shape index (κ2) is 5.83. The number of rotatable bonds is 6. The molecule has 1 unspecified atom stereocenters. The summed E-state index contributed by atoms with van der Waals surface area (Å²) in [5.41, 5.74) is 5.40. The molecule has 0 aromatic rings. The molecule has 0 aliphatic carbocycles. The maximum Gasteiger partial charge on any atom is 0.237 e. The summed E-state index contributed by atoms with van der Waals surface area (Å²) in [4.78, 5) is 14.1. The largest absolute Gasteiger partial charge is 0.350 e. The van der Waals surface area contributed by atoms with Crippen molar-refractivity contribution < 1.29 is 4.79 Å². The number of nitrogens with zero attached hydrogens (tertiary/aromatic N) is 1. The van der Waals surface area contributed by atoms with Gasteiger partial charge in [0.15, 0.2) is 0 Å². The quantitative estimate of drug-likeness (QED) is 0.740. The van der Waals surface area contributed by atoms with Crippen LogP contribution < -0.4 is 11.1 Å². The highest BCUT2D eigenvalue weighted by Gasteiger charge is 2.31. The fourth-order valence-corrected chi connectivity index (χ4v) is 1.37. The highest BCUT2D eigenvalue weighted by molar-refractivity contribution is 5.82. The molecule has 0 aliphatic heterocycles. The number of carbonyl (C=O) groups excluding carboxylic acids is 1. The predicted molar refractivity (Wildman–Crippen MR) is 72.9 cm³/mol. The molecule has 4 nitrogen and oxygen atoms in total. The molecule has 0 aromatic heterocycles. The topological polar surface area (TPSA) is 58.4 Å². The number of amides is 1. The van der Waals surface area contributed by atoms with E-state index < -0.39 is 0 Å². The van der Waals surface area contributed by atoms with Gasteiger partial charge in [-0.15, -0.1) is 0 Å². The van der Waals surface area contributed by atoms with E-state index in [4.69, 9.17) is 5.73 Å². The third kappa shape index (κ3) is 4.64. The number of nitrogens with one attached hydrogen (secondary N) is 1. The van der Waals surface area contributed by atoms with Crippen LogP contribution in [-0.4, -0.2) is 41.5 Å². The van der Waals surface area contributed by atoms with Crippen molar-refractivity contribution >= 4 is 5.91 Å². The Bertz CT molecular complexity index is 261. The monoisotopic (exact) mass is 243 g/mol. The highest BCUT2D eigenvalue weighted by atomic mass is 16.2. The van der Waals surface area contributed by atoms with Gasteiger partial charge in [-0.1, -0.05) is 6.92 Å². The fraction of sp³-hybridized carbons (Fsp3) is 0.923.